The smallest absolute Gasteiger partial charge is 0.264 e. The van der Waals surface area contributed by atoms with Crippen LogP contribution in [-0.4, -0.2) is 26.9 Å². The van der Waals surface area contributed by atoms with Gasteiger partial charge >= 0.3 is 0 Å². The van der Waals surface area contributed by atoms with Crippen LogP contribution < -0.4 is 9.62 Å². The highest BCUT2D eigenvalue weighted by Gasteiger charge is 2.28. The fourth-order valence-electron chi connectivity index (χ4n) is 2.43. The molecule has 2 rings (SSSR count). The van der Waals surface area contributed by atoms with Gasteiger partial charge in [0.25, 0.3) is 10.0 Å². The number of hydrogen-bond donors (Lipinski definition) is 1. The maximum absolute atomic E-state index is 13.2. The first-order chi connectivity index (χ1) is 12.3. The molecule has 0 aromatic heterocycles. The van der Waals surface area contributed by atoms with Gasteiger partial charge in [0.1, 0.15) is 6.54 Å². The molecule has 0 spiro atoms. The molecule has 1 N–H and O–H groups in total. The van der Waals surface area contributed by atoms with E-state index in [0.717, 1.165) is 16.3 Å². The zero-order chi connectivity index (χ0) is 19.3. The van der Waals surface area contributed by atoms with Crippen molar-refractivity contribution in [2.24, 2.45) is 0 Å². The molecule has 0 bridgehead atoms. The minimum absolute atomic E-state index is 0.0283. The fourth-order valence-corrected chi connectivity index (χ4v) is 4.04. The fraction of sp³-hybridized carbons (Fsp3) is 0.316. The second-order valence-corrected chi connectivity index (χ2v) is 8.43. The molecular formula is C19H23ClN2O3S. The van der Waals surface area contributed by atoms with Crippen LogP contribution in [0.25, 0.3) is 0 Å². The van der Waals surface area contributed by atoms with E-state index >= 15 is 0 Å². The highest BCUT2D eigenvalue weighted by molar-refractivity contribution is 7.92. The van der Waals surface area contributed by atoms with E-state index in [1.165, 1.54) is 24.3 Å². The summed E-state index contributed by atoms with van der Waals surface area (Å²) in [6.45, 7) is 5.35. The zero-order valence-electron chi connectivity index (χ0n) is 15.1. The lowest BCUT2D eigenvalue weighted by molar-refractivity contribution is -0.120. The van der Waals surface area contributed by atoms with E-state index in [1.54, 1.807) is 12.1 Å². The molecule has 0 aliphatic carbocycles. The van der Waals surface area contributed by atoms with Gasteiger partial charge < -0.3 is 5.32 Å². The number of hydrogen-bond acceptors (Lipinski definition) is 3. The van der Waals surface area contributed by atoms with Crippen LogP contribution >= 0.6 is 11.6 Å². The van der Waals surface area contributed by atoms with Crippen molar-refractivity contribution in [2.45, 2.75) is 38.1 Å². The first-order valence-electron chi connectivity index (χ1n) is 8.39. The third kappa shape index (κ3) is 4.77. The van der Waals surface area contributed by atoms with Gasteiger partial charge in [-0.25, -0.2) is 8.42 Å². The average Bonchev–Trinajstić information content (AvgIpc) is 2.60. The van der Waals surface area contributed by atoms with E-state index in [0.29, 0.717) is 10.7 Å². The van der Waals surface area contributed by atoms with E-state index in [9.17, 15) is 13.2 Å². The third-order valence-electron chi connectivity index (χ3n) is 4.09. The van der Waals surface area contributed by atoms with Gasteiger partial charge in [-0.1, -0.05) is 36.7 Å². The van der Waals surface area contributed by atoms with E-state index < -0.39 is 10.0 Å². The summed E-state index contributed by atoms with van der Waals surface area (Å²) in [5.41, 5.74) is 1.24. The van der Waals surface area contributed by atoms with Crippen molar-refractivity contribution in [3.05, 3.63) is 59.1 Å². The number of rotatable bonds is 7. The normalized spacial score (nSPS) is 12.5. The second kappa shape index (κ2) is 8.56. The summed E-state index contributed by atoms with van der Waals surface area (Å²) in [5, 5.41) is 3.26. The molecule has 0 aliphatic heterocycles. The molecule has 2 aromatic rings. The van der Waals surface area contributed by atoms with Gasteiger partial charge in [-0.3, -0.25) is 9.10 Å². The highest BCUT2D eigenvalue weighted by atomic mass is 35.5. The molecule has 1 amide bonds. The number of aryl methyl sites for hydroxylation is 1. The maximum Gasteiger partial charge on any atom is 0.264 e. The lowest BCUT2D eigenvalue weighted by Crippen LogP contribution is -2.43. The Morgan fingerprint density at radius 3 is 2.35 bits per heavy atom. The Balaban J connectivity index is 2.45. The van der Waals surface area contributed by atoms with Crippen LogP contribution in [0.1, 0.15) is 25.8 Å². The molecular weight excluding hydrogens is 372 g/mol. The molecule has 26 heavy (non-hydrogen) atoms. The molecule has 0 fully saturated rings. The van der Waals surface area contributed by atoms with Crippen LogP contribution in [0, 0.1) is 6.92 Å². The summed E-state index contributed by atoms with van der Waals surface area (Å²) in [5.74, 6) is -0.347. The SMILES string of the molecule is CCC(C)NC(=O)CN(c1ccccc1C)S(=O)(=O)c1ccc(Cl)cc1. The number of anilines is 1. The number of sulfonamides is 1. The topological polar surface area (TPSA) is 66.5 Å². The van der Waals surface area contributed by atoms with Crippen LogP contribution in [0.4, 0.5) is 5.69 Å². The molecule has 7 heteroatoms. The first kappa shape index (κ1) is 20.3. The number of carbonyl (C=O) groups excluding carboxylic acids is 1. The number of para-hydroxylation sites is 1. The Bertz CT molecular complexity index is 867. The third-order valence-corrected chi connectivity index (χ3v) is 6.12. The van der Waals surface area contributed by atoms with Crippen LogP contribution in [-0.2, 0) is 14.8 Å². The average molecular weight is 395 g/mol. The Kier molecular flexibility index (Phi) is 6.67. The van der Waals surface area contributed by atoms with Gasteiger partial charge in [0, 0.05) is 11.1 Å². The van der Waals surface area contributed by atoms with Gasteiger partial charge in [0.2, 0.25) is 5.91 Å². The summed E-state index contributed by atoms with van der Waals surface area (Å²) >= 11 is 5.87. The number of nitrogens with one attached hydrogen (secondary N) is 1. The quantitative estimate of drug-likeness (QED) is 0.777. The Labute approximate surface area is 160 Å². The van der Waals surface area contributed by atoms with Crippen molar-refractivity contribution in [3.8, 4) is 0 Å². The predicted octanol–water partition coefficient (Wildman–Crippen LogP) is 3.76. The lowest BCUT2D eigenvalue weighted by Gasteiger charge is -2.26. The van der Waals surface area contributed by atoms with Crippen molar-refractivity contribution in [1.82, 2.24) is 5.32 Å². The summed E-state index contributed by atoms with van der Waals surface area (Å²) < 4.78 is 27.5. The number of amides is 1. The summed E-state index contributed by atoms with van der Waals surface area (Å²) in [6, 6.07) is 13.0. The first-order valence-corrected chi connectivity index (χ1v) is 10.2. The van der Waals surface area contributed by atoms with Gasteiger partial charge in [-0.2, -0.15) is 0 Å². The molecule has 5 nitrogen and oxygen atoms in total. The molecule has 2 aromatic carbocycles. The van der Waals surface area contributed by atoms with Crippen LogP contribution in [0.3, 0.4) is 0 Å². The monoisotopic (exact) mass is 394 g/mol. The standard InChI is InChI=1S/C19H23ClN2O3S/c1-4-15(3)21-19(23)13-22(18-8-6-5-7-14(18)2)26(24,25)17-11-9-16(20)10-12-17/h5-12,15H,4,13H2,1-3H3,(H,21,23). The number of halogens is 1. The minimum Gasteiger partial charge on any atom is -0.352 e. The van der Waals surface area contributed by atoms with Crippen LogP contribution in [0.2, 0.25) is 5.02 Å². The zero-order valence-corrected chi connectivity index (χ0v) is 16.6. The number of carbonyl (C=O) groups is 1. The molecule has 0 radical (unpaired) electrons. The maximum atomic E-state index is 13.2. The van der Waals surface area contributed by atoms with Crippen LogP contribution in [0.15, 0.2) is 53.4 Å². The van der Waals surface area contributed by atoms with Crippen LogP contribution in [0.5, 0.6) is 0 Å². The molecule has 0 saturated carbocycles. The van der Waals surface area contributed by atoms with Crippen molar-refractivity contribution in [2.75, 3.05) is 10.8 Å². The predicted molar refractivity (Wildman–Crippen MR) is 105 cm³/mol. The Morgan fingerprint density at radius 2 is 1.77 bits per heavy atom. The van der Waals surface area contributed by atoms with Gasteiger partial charge in [-0.05, 0) is 56.2 Å². The summed E-state index contributed by atoms with van der Waals surface area (Å²) in [4.78, 5) is 12.5. The second-order valence-electron chi connectivity index (χ2n) is 6.13. The van der Waals surface area contributed by atoms with E-state index in [1.807, 2.05) is 32.9 Å². The molecule has 0 saturated heterocycles. The molecule has 1 unspecified atom stereocenters. The lowest BCUT2D eigenvalue weighted by atomic mass is 10.2. The number of nitrogens with zero attached hydrogens (tertiary/aromatic N) is 1. The molecule has 0 heterocycles. The molecule has 140 valence electrons. The highest BCUT2D eigenvalue weighted by Crippen LogP contribution is 2.27. The minimum atomic E-state index is -3.92. The van der Waals surface area contributed by atoms with E-state index in [-0.39, 0.29) is 23.4 Å². The Morgan fingerprint density at radius 1 is 1.15 bits per heavy atom. The van der Waals surface area contributed by atoms with Gasteiger partial charge in [-0.15, -0.1) is 0 Å². The number of benzene rings is 2. The van der Waals surface area contributed by atoms with Crippen molar-refractivity contribution in [1.29, 1.82) is 0 Å². The summed E-state index contributed by atoms with van der Waals surface area (Å²) in [7, 11) is -3.92. The van der Waals surface area contributed by atoms with Crippen molar-refractivity contribution in [3.63, 3.8) is 0 Å². The van der Waals surface area contributed by atoms with Crippen molar-refractivity contribution >= 4 is 33.2 Å². The summed E-state index contributed by atoms with van der Waals surface area (Å²) in [6.07, 6.45) is 0.764. The van der Waals surface area contributed by atoms with Gasteiger partial charge in [0.15, 0.2) is 0 Å². The molecule has 1 atom stereocenters. The van der Waals surface area contributed by atoms with Gasteiger partial charge in [0.05, 0.1) is 10.6 Å². The van der Waals surface area contributed by atoms with E-state index in [4.69, 9.17) is 11.6 Å². The largest absolute Gasteiger partial charge is 0.352 e. The van der Waals surface area contributed by atoms with E-state index in [2.05, 4.69) is 5.32 Å². The Hall–Kier alpha value is -2.05. The molecule has 0 aliphatic rings. The van der Waals surface area contributed by atoms with Crippen molar-refractivity contribution < 1.29 is 13.2 Å².